The van der Waals surface area contributed by atoms with Gasteiger partial charge in [-0.1, -0.05) is 19.3 Å². The molecule has 0 bridgehead atoms. The highest BCUT2D eigenvalue weighted by atomic mass is 19.2. The number of rotatable bonds is 2. The molecule has 1 aromatic carbocycles. The van der Waals surface area contributed by atoms with Gasteiger partial charge in [-0.2, -0.15) is 0 Å². The molecule has 1 aliphatic carbocycles. The normalized spacial score (nSPS) is 18.9. The van der Waals surface area contributed by atoms with Crippen LogP contribution in [-0.2, 0) is 0 Å². The molecule has 0 saturated heterocycles. The minimum absolute atomic E-state index is 0.00371. The Kier molecular flexibility index (Phi) is 3.80. The van der Waals surface area contributed by atoms with E-state index in [1.54, 1.807) is 0 Å². The minimum Gasteiger partial charge on any atom is -0.507 e. The molecule has 1 fully saturated rings. The maximum absolute atomic E-state index is 13.7. The first-order valence-electron chi connectivity index (χ1n) is 6.14. The number of phenolic OH excluding ortho intramolecular Hbond substituents is 1. The van der Waals surface area contributed by atoms with E-state index in [9.17, 15) is 18.3 Å². The van der Waals surface area contributed by atoms with Gasteiger partial charge in [0.05, 0.1) is 0 Å². The predicted molar refractivity (Wildman–Crippen MR) is 61.5 cm³/mol. The van der Waals surface area contributed by atoms with E-state index in [1.807, 2.05) is 0 Å². The van der Waals surface area contributed by atoms with Crippen LogP contribution >= 0.6 is 0 Å². The van der Waals surface area contributed by atoms with Gasteiger partial charge in [-0.3, -0.25) is 0 Å². The summed E-state index contributed by atoms with van der Waals surface area (Å²) in [5, 5.41) is 9.57. The zero-order valence-electron chi connectivity index (χ0n) is 9.93. The topological polar surface area (TPSA) is 46.2 Å². The summed E-state index contributed by atoms with van der Waals surface area (Å²) in [5.41, 5.74) is 5.60. The standard InChI is InChI=1S/C13H16F3NO/c14-8-6-9(18)10(12(16)11(8)15)13(17)7-4-2-1-3-5-7/h6-7,13,18H,1-5,17H2/t13-/m0/s1. The number of hydrogen-bond donors (Lipinski definition) is 2. The lowest BCUT2D eigenvalue weighted by Gasteiger charge is -2.28. The first kappa shape index (κ1) is 13.2. The first-order chi connectivity index (χ1) is 8.52. The summed E-state index contributed by atoms with van der Waals surface area (Å²) in [6, 6.07) is -0.212. The van der Waals surface area contributed by atoms with Gasteiger partial charge in [-0.15, -0.1) is 0 Å². The van der Waals surface area contributed by atoms with Crippen LogP contribution < -0.4 is 5.73 Å². The van der Waals surface area contributed by atoms with Gasteiger partial charge in [0.2, 0.25) is 0 Å². The van der Waals surface area contributed by atoms with E-state index in [0.29, 0.717) is 6.07 Å². The molecule has 2 nitrogen and oxygen atoms in total. The van der Waals surface area contributed by atoms with Gasteiger partial charge < -0.3 is 10.8 Å². The Morgan fingerprint density at radius 2 is 1.72 bits per heavy atom. The molecule has 18 heavy (non-hydrogen) atoms. The van der Waals surface area contributed by atoms with Gasteiger partial charge in [-0.25, -0.2) is 13.2 Å². The van der Waals surface area contributed by atoms with Crippen molar-refractivity contribution in [3.63, 3.8) is 0 Å². The van der Waals surface area contributed by atoms with Crippen molar-refractivity contribution in [2.45, 2.75) is 38.1 Å². The van der Waals surface area contributed by atoms with E-state index in [4.69, 9.17) is 5.73 Å². The van der Waals surface area contributed by atoms with E-state index in [1.165, 1.54) is 0 Å². The van der Waals surface area contributed by atoms with Crippen LogP contribution in [0.15, 0.2) is 6.07 Å². The molecule has 3 N–H and O–H groups in total. The molecule has 0 spiro atoms. The lowest BCUT2D eigenvalue weighted by molar-refractivity contribution is 0.293. The molecule has 0 unspecified atom stereocenters. The van der Waals surface area contributed by atoms with Crippen LogP contribution in [-0.4, -0.2) is 5.11 Å². The second-order valence-electron chi connectivity index (χ2n) is 4.84. The van der Waals surface area contributed by atoms with E-state index in [-0.39, 0.29) is 11.5 Å². The van der Waals surface area contributed by atoms with E-state index in [2.05, 4.69) is 0 Å². The number of aromatic hydroxyl groups is 1. The molecule has 1 atom stereocenters. The Labute approximate surface area is 104 Å². The maximum Gasteiger partial charge on any atom is 0.195 e. The summed E-state index contributed by atoms with van der Waals surface area (Å²) in [4.78, 5) is 0. The van der Waals surface area contributed by atoms with Gasteiger partial charge in [0.25, 0.3) is 0 Å². The molecule has 1 saturated carbocycles. The Hall–Kier alpha value is -1.23. The molecule has 0 aliphatic heterocycles. The summed E-state index contributed by atoms with van der Waals surface area (Å²) in [6.45, 7) is 0. The van der Waals surface area contributed by atoms with Crippen molar-refractivity contribution in [1.82, 2.24) is 0 Å². The quantitative estimate of drug-likeness (QED) is 0.800. The largest absolute Gasteiger partial charge is 0.507 e. The monoisotopic (exact) mass is 259 g/mol. The number of benzene rings is 1. The SMILES string of the molecule is N[C@H](c1c(O)cc(F)c(F)c1F)C1CCCCC1. The van der Waals surface area contributed by atoms with Crippen LogP contribution in [0, 0.1) is 23.4 Å². The Balaban J connectivity index is 2.34. The highest BCUT2D eigenvalue weighted by molar-refractivity contribution is 5.37. The van der Waals surface area contributed by atoms with Gasteiger partial charge in [0, 0.05) is 17.7 Å². The fraction of sp³-hybridized carbons (Fsp3) is 0.538. The summed E-state index contributed by atoms with van der Waals surface area (Å²) >= 11 is 0. The number of halogens is 3. The van der Waals surface area contributed by atoms with Crippen LogP contribution in [0.4, 0.5) is 13.2 Å². The smallest absolute Gasteiger partial charge is 0.195 e. The summed E-state index contributed by atoms with van der Waals surface area (Å²) < 4.78 is 39.8. The summed E-state index contributed by atoms with van der Waals surface area (Å²) in [6.07, 6.45) is 4.72. The van der Waals surface area contributed by atoms with E-state index in [0.717, 1.165) is 32.1 Å². The van der Waals surface area contributed by atoms with Crippen molar-refractivity contribution < 1.29 is 18.3 Å². The van der Waals surface area contributed by atoms with Crippen LogP contribution in [0.25, 0.3) is 0 Å². The predicted octanol–water partition coefficient (Wildman–Crippen LogP) is 3.39. The van der Waals surface area contributed by atoms with Crippen molar-refractivity contribution in [3.05, 3.63) is 29.1 Å². The average Bonchev–Trinajstić information content (AvgIpc) is 2.37. The maximum atomic E-state index is 13.7. The van der Waals surface area contributed by atoms with Crippen LogP contribution in [0.5, 0.6) is 5.75 Å². The molecule has 0 amide bonds. The van der Waals surface area contributed by atoms with Crippen molar-refractivity contribution in [2.24, 2.45) is 11.7 Å². The van der Waals surface area contributed by atoms with Crippen molar-refractivity contribution in [3.8, 4) is 5.75 Å². The number of nitrogens with two attached hydrogens (primary N) is 1. The third-order valence-electron chi connectivity index (χ3n) is 3.67. The van der Waals surface area contributed by atoms with E-state index < -0.39 is 29.2 Å². The highest BCUT2D eigenvalue weighted by Gasteiger charge is 2.29. The lowest BCUT2D eigenvalue weighted by Crippen LogP contribution is -2.25. The van der Waals surface area contributed by atoms with Crippen molar-refractivity contribution >= 4 is 0 Å². The Morgan fingerprint density at radius 1 is 1.11 bits per heavy atom. The average molecular weight is 259 g/mol. The number of phenols is 1. The summed E-state index contributed by atoms with van der Waals surface area (Å²) in [7, 11) is 0. The number of hydrogen-bond acceptors (Lipinski definition) is 2. The van der Waals surface area contributed by atoms with Crippen LogP contribution in [0.1, 0.15) is 43.7 Å². The van der Waals surface area contributed by atoms with E-state index >= 15 is 0 Å². The molecule has 1 aliphatic rings. The molecule has 0 aromatic heterocycles. The molecular weight excluding hydrogens is 243 g/mol. The van der Waals surface area contributed by atoms with Gasteiger partial charge in [-0.05, 0) is 18.8 Å². The minimum atomic E-state index is -1.57. The van der Waals surface area contributed by atoms with Crippen molar-refractivity contribution in [2.75, 3.05) is 0 Å². The van der Waals surface area contributed by atoms with Crippen molar-refractivity contribution in [1.29, 1.82) is 0 Å². The fourth-order valence-electron chi connectivity index (χ4n) is 2.64. The zero-order valence-corrected chi connectivity index (χ0v) is 9.93. The zero-order chi connectivity index (χ0) is 13.3. The van der Waals surface area contributed by atoms with Crippen LogP contribution in [0.2, 0.25) is 0 Å². The molecule has 100 valence electrons. The van der Waals surface area contributed by atoms with Gasteiger partial charge in [0.15, 0.2) is 17.5 Å². The molecule has 1 aromatic rings. The summed E-state index contributed by atoms with van der Waals surface area (Å²) in [5.74, 6) is -4.95. The first-order valence-corrected chi connectivity index (χ1v) is 6.14. The lowest BCUT2D eigenvalue weighted by atomic mass is 9.81. The second kappa shape index (κ2) is 5.18. The third-order valence-corrected chi connectivity index (χ3v) is 3.67. The molecule has 5 heteroatoms. The molecule has 0 radical (unpaired) electrons. The van der Waals surface area contributed by atoms with Gasteiger partial charge >= 0.3 is 0 Å². The third kappa shape index (κ3) is 2.32. The fourth-order valence-corrected chi connectivity index (χ4v) is 2.64. The van der Waals surface area contributed by atoms with Crippen LogP contribution in [0.3, 0.4) is 0 Å². The molecule has 2 rings (SSSR count). The second-order valence-corrected chi connectivity index (χ2v) is 4.84. The highest BCUT2D eigenvalue weighted by Crippen LogP contribution is 2.38. The Bertz CT molecular complexity index is 444. The molecule has 0 heterocycles. The Morgan fingerprint density at radius 3 is 2.33 bits per heavy atom. The van der Waals surface area contributed by atoms with Gasteiger partial charge in [0.1, 0.15) is 5.75 Å². The molecular formula is C13H16F3NO.